The Morgan fingerprint density at radius 1 is 1.40 bits per heavy atom. The van der Waals surface area contributed by atoms with Crippen LogP contribution in [0.3, 0.4) is 0 Å². The van der Waals surface area contributed by atoms with Crippen molar-refractivity contribution >= 4 is 6.21 Å². The number of hydrogen-bond donors (Lipinski definition) is 0. The zero-order chi connectivity index (χ0) is 10.7. The Kier molecular flexibility index (Phi) is 2.77. The van der Waals surface area contributed by atoms with E-state index in [0.29, 0.717) is 0 Å². The van der Waals surface area contributed by atoms with Crippen molar-refractivity contribution in [2.24, 2.45) is 10.4 Å². The van der Waals surface area contributed by atoms with E-state index >= 15 is 0 Å². The SMILES string of the molecule is CN1C=CC=NC1C1(C#N)CCCCC1. The van der Waals surface area contributed by atoms with Gasteiger partial charge in [-0.15, -0.1) is 0 Å². The second-order valence-corrected chi connectivity index (χ2v) is 4.51. The first-order chi connectivity index (χ1) is 7.28. The monoisotopic (exact) mass is 203 g/mol. The summed E-state index contributed by atoms with van der Waals surface area (Å²) in [4.78, 5) is 6.53. The van der Waals surface area contributed by atoms with Gasteiger partial charge >= 0.3 is 0 Å². The highest BCUT2D eigenvalue weighted by Crippen LogP contribution is 2.41. The van der Waals surface area contributed by atoms with Gasteiger partial charge in [0.15, 0.2) is 0 Å². The first kappa shape index (κ1) is 10.2. The van der Waals surface area contributed by atoms with Crippen LogP contribution >= 0.6 is 0 Å². The van der Waals surface area contributed by atoms with Gasteiger partial charge in [-0.1, -0.05) is 19.3 Å². The van der Waals surface area contributed by atoms with Crippen molar-refractivity contribution in [3.8, 4) is 6.07 Å². The molecule has 1 unspecified atom stereocenters. The third-order valence-electron chi connectivity index (χ3n) is 3.48. The van der Waals surface area contributed by atoms with Crippen LogP contribution in [0.4, 0.5) is 0 Å². The normalized spacial score (nSPS) is 28.8. The second kappa shape index (κ2) is 4.06. The molecule has 0 amide bonds. The van der Waals surface area contributed by atoms with Gasteiger partial charge in [-0.2, -0.15) is 5.26 Å². The Labute approximate surface area is 91.1 Å². The smallest absolute Gasteiger partial charge is 0.139 e. The van der Waals surface area contributed by atoms with Crippen LogP contribution in [0.5, 0.6) is 0 Å². The Morgan fingerprint density at radius 3 is 2.73 bits per heavy atom. The van der Waals surface area contributed by atoms with E-state index in [1.54, 1.807) is 0 Å². The van der Waals surface area contributed by atoms with Crippen molar-refractivity contribution in [1.82, 2.24) is 4.90 Å². The van der Waals surface area contributed by atoms with Crippen LogP contribution < -0.4 is 0 Å². The van der Waals surface area contributed by atoms with Gasteiger partial charge in [0.05, 0.1) is 11.5 Å². The average molecular weight is 203 g/mol. The van der Waals surface area contributed by atoms with Gasteiger partial charge in [0.1, 0.15) is 6.17 Å². The summed E-state index contributed by atoms with van der Waals surface area (Å²) >= 11 is 0. The maximum absolute atomic E-state index is 9.44. The quantitative estimate of drug-likeness (QED) is 0.656. The van der Waals surface area contributed by atoms with E-state index in [1.165, 1.54) is 6.42 Å². The van der Waals surface area contributed by atoms with Gasteiger partial charge in [-0.25, -0.2) is 0 Å². The fourth-order valence-electron chi connectivity index (χ4n) is 2.64. The van der Waals surface area contributed by atoms with Crippen molar-refractivity contribution in [1.29, 1.82) is 5.26 Å². The number of hydrogen-bond acceptors (Lipinski definition) is 3. The van der Waals surface area contributed by atoms with Crippen molar-refractivity contribution in [3.63, 3.8) is 0 Å². The first-order valence-electron chi connectivity index (χ1n) is 5.62. The minimum Gasteiger partial charge on any atom is -0.358 e. The molecule has 1 aliphatic heterocycles. The molecule has 0 spiro atoms. The van der Waals surface area contributed by atoms with Crippen LogP contribution in [0, 0.1) is 16.7 Å². The first-order valence-corrected chi connectivity index (χ1v) is 5.62. The lowest BCUT2D eigenvalue weighted by Crippen LogP contribution is -2.44. The molecule has 3 nitrogen and oxygen atoms in total. The van der Waals surface area contributed by atoms with E-state index in [4.69, 9.17) is 0 Å². The third-order valence-corrected chi connectivity index (χ3v) is 3.48. The molecule has 1 aliphatic carbocycles. The van der Waals surface area contributed by atoms with E-state index in [9.17, 15) is 5.26 Å². The number of allylic oxidation sites excluding steroid dienone is 1. The number of nitriles is 1. The lowest BCUT2D eigenvalue weighted by Gasteiger charge is -2.40. The van der Waals surface area contributed by atoms with Gasteiger partial charge in [0.2, 0.25) is 0 Å². The summed E-state index contributed by atoms with van der Waals surface area (Å²) in [5.74, 6) is 0. The minimum absolute atomic E-state index is 0.0211. The summed E-state index contributed by atoms with van der Waals surface area (Å²) in [7, 11) is 2.01. The number of aliphatic imine (C=N–C) groups is 1. The molecule has 0 aromatic rings. The lowest BCUT2D eigenvalue weighted by atomic mass is 9.72. The summed E-state index contributed by atoms with van der Waals surface area (Å²) in [5, 5.41) is 9.44. The molecule has 3 heteroatoms. The Morgan fingerprint density at radius 2 is 2.13 bits per heavy atom. The summed E-state index contributed by atoms with van der Waals surface area (Å²) in [5.41, 5.74) is -0.256. The topological polar surface area (TPSA) is 39.4 Å². The average Bonchev–Trinajstić information content (AvgIpc) is 2.30. The fraction of sp³-hybridized carbons (Fsp3) is 0.667. The molecule has 80 valence electrons. The number of rotatable bonds is 1. The molecule has 0 aromatic heterocycles. The number of nitrogens with zero attached hydrogens (tertiary/aromatic N) is 3. The van der Waals surface area contributed by atoms with Crippen LogP contribution in [-0.4, -0.2) is 24.3 Å². The van der Waals surface area contributed by atoms with E-state index in [-0.39, 0.29) is 11.6 Å². The van der Waals surface area contributed by atoms with Crippen molar-refractivity contribution in [2.75, 3.05) is 7.05 Å². The molecule has 1 fully saturated rings. The second-order valence-electron chi connectivity index (χ2n) is 4.51. The molecule has 0 saturated heterocycles. The molecule has 0 aromatic carbocycles. The van der Waals surface area contributed by atoms with Gasteiger partial charge in [-0.05, 0) is 18.9 Å². The van der Waals surface area contributed by atoms with Crippen molar-refractivity contribution in [2.45, 2.75) is 38.3 Å². The maximum atomic E-state index is 9.44. The minimum atomic E-state index is -0.256. The van der Waals surface area contributed by atoms with E-state index in [2.05, 4.69) is 16.0 Å². The van der Waals surface area contributed by atoms with E-state index in [0.717, 1.165) is 25.7 Å². The highest BCUT2D eigenvalue weighted by atomic mass is 15.2. The van der Waals surface area contributed by atoms with Gasteiger partial charge in [0, 0.05) is 19.5 Å². The van der Waals surface area contributed by atoms with E-state index in [1.807, 2.05) is 25.5 Å². The molecular weight excluding hydrogens is 186 g/mol. The van der Waals surface area contributed by atoms with Crippen LogP contribution in [-0.2, 0) is 0 Å². The summed E-state index contributed by atoms with van der Waals surface area (Å²) in [6, 6.07) is 2.53. The largest absolute Gasteiger partial charge is 0.358 e. The van der Waals surface area contributed by atoms with Crippen molar-refractivity contribution in [3.05, 3.63) is 12.3 Å². The summed E-state index contributed by atoms with van der Waals surface area (Å²) < 4.78 is 0. The van der Waals surface area contributed by atoms with Crippen LogP contribution in [0.2, 0.25) is 0 Å². The lowest BCUT2D eigenvalue weighted by molar-refractivity contribution is 0.129. The maximum Gasteiger partial charge on any atom is 0.139 e. The Hall–Kier alpha value is -1.30. The molecule has 15 heavy (non-hydrogen) atoms. The third kappa shape index (κ3) is 1.77. The summed E-state index contributed by atoms with van der Waals surface area (Å²) in [6.45, 7) is 0. The van der Waals surface area contributed by atoms with E-state index < -0.39 is 0 Å². The molecule has 1 saturated carbocycles. The standard InChI is InChI=1S/C12H17N3/c1-15-9-5-8-14-11(15)12(10-13)6-3-2-4-7-12/h5,8-9,11H,2-4,6-7H2,1H3. The molecular formula is C12H17N3. The Balaban J connectivity index is 2.22. The Bertz CT molecular complexity index is 318. The molecule has 2 rings (SSSR count). The highest BCUT2D eigenvalue weighted by Gasteiger charge is 2.42. The van der Waals surface area contributed by atoms with Crippen molar-refractivity contribution < 1.29 is 0 Å². The molecule has 1 heterocycles. The fourth-order valence-corrected chi connectivity index (χ4v) is 2.64. The van der Waals surface area contributed by atoms with Gasteiger partial charge < -0.3 is 4.90 Å². The predicted octanol–water partition coefficient (Wildman–Crippen LogP) is 2.32. The zero-order valence-corrected chi connectivity index (χ0v) is 9.19. The molecule has 2 aliphatic rings. The molecule has 0 bridgehead atoms. The molecule has 1 atom stereocenters. The molecule has 0 radical (unpaired) electrons. The van der Waals surface area contributed by atoms with Crippen LogP contribution in [0.15, 0.2) is 17.3 Å². The predicted molar refractivity (Wildman–Crippen MR) is 60.3 cm³/mol. The highest BCUT2D eigenvalue weighted by molar-refractivity contribution is 5.72. The van der Waals surface area contributed by atoms with Gasteiger partial charge in [-0.3, -0.25) is 4.99 Å². The summed E-state index contributed by atoms with van der Waals surface area (Å²) in [6.07, 6.45) is 11.3. The van der Waals surface area contributed by atoms with Gasteiger partial charge in [0.25, 0.3) is 0 Å². The molecule has 0 N–H and O–H groups in total. The van der Waals surface area contributed by atoms with Crippen LogP contribution in [0.1, 0.15) is 32.1 Å². The van der Waals surface area contributed by atoms with Crippen LogP contribution in [0.25, 0.3) is 0 Å². The zero-order valence-electron chi connectivity index (χ0n) is 9.19.